The maximum atomic E-state index is 13.6. The number of aromatic nitrogens is 4. The second-order valence-corrected chi connectivity index (χ2v) is 23.7. The number of carbonyl (C=O) groups is 6. The Bertz CT molecular complexity index is 2820. The van der Waals surface area contributed by atoms with E-state index in [9.17, 15) is 28.8 Å². The maximum Gasteiger partial charge on any atom is 0.415 e. The van der Waals surface area contributed by atoms with E-state index in [1.54, 1.807) is 65.2 Å². The normalized spacial score (nSPS) is 13.7. The number of benzene rings is 2. The fourth-order valence-electron chi connectivity index (χ4n) is 9.00. The molecule has 2 aliphatic rings. The third-order valence-corrected chi connectivity index (χ3v) is 13.7. The van der Waals surface area contributed by atoms with Crippen LogP contribution in [0.4, 0.5) is 44.5 Å². The third kappa shape index (κ3) is 23.3. The molecular formula is C64H98N12O11. The number of hydrogen-bond donors (Lipinski definition) is 4. The molecule has 2 aromatic heterocycles. The van der Waals surface area contributed by atoms with E-state index in [0.29, 0.717) is 92.1 Å². The first-order valence-corrected chi connectivity index (χ1v) is 30.8. The molecule has 2 fully saturated rings. The Hall–Kier alpha value is -7.98. The molecule has 480 valence electrons. The molecule has 4 N–H and O–H groups in total. The summed E-state index contributed by atoms with van der Waals surface area (Å²) in [5.41, 5.74) is 1.56. The van der Waals surface area contributed by atoms with Crippen molar-refractivity contribution in [2.75, 3.05) is 96.1 Å². The van der Waals surface area contributed by atoms with Crippen LogP contribution < -0.4 is 40.1 Å². The van der Waals surface area contributed by atoms with Gasteiger partial charge in [0.25, 0.3) is 0 Å². The summed E-state index contributed by atoms with van der Waals surface area (Å²) < 4.78 is 22.6. The van der Waals surface area contributed by atoms with Gasteiger partial charge in [0.15, 0.2) is 11.6 Å². The van der Waals surface area contributed by atoms with Crippen LogP contribution in [0.25, 0.3) is 0 Å². The van der Waals surface area contributed by atoms with Crippen LogP contribution in [0.5, 0.6) is 11.5 Å². The monoisotopic (exact) mass is 1210 g/mol. The van der Waals surface area contributed by atoms with Crippen LogP contribution in [0.3, 0.4) is 0 Å². The third-order valence-electron chi connectivity index (χ3n) is 13.7. The van der Waals surface area contributed by atoms with Gasteiger partial charge in [-0.15, -0.1) is 0 Å². The zero-order chi connectivity index (χ0) is 64.6. The number of aliphatic carboxylic acids is 1. The van der Waals surface area contributed by atoms with Crippen LogP contribution in [0, 0.1) is 11.8 Å². The molecule has 4 heterocycles. The molecule has 2 saturated heterocycles. The van der Waals surface area contributed by atoms with E-state index in [-0.39, 0.29) is 42.3 Å². The molecule has 0 unspecified atom stereocenters. The molecule has 23 heteroatoms. The smallest absolute Gasteiger partial charge is 0.415 e. The van der Waals surface area contributed by atoms with Crippen LogP contribution in [0.2, 0.25) is 0 Å². The fourth-order valence-corrected chi connectivity index (χ4v) is 9.00. The molecular weight excluding hydrogens is 1110 g/mol. The van der Waals surface area contributed by atoms with Gasteiger partial charge in [0.2, 0.25) is 17.8 Å². The summed E-state index contributed by atoms with van der Waals surface area (Å²) in [6, 6.07) is 12.8. The van der Waals surface area contributed by atoms with E-state index < -0.39 is 35.2 Å². The van der Waals surface area contributed by atoms with Gasteiger partial charge in [0.1, 0.15) is 40.5 Å². The number of nitrogens with zero attached hydrogens (tertiary/aromatic N) is 9. The van der Waals surface area contributed by atoms with Crippen LogP contribution in [0.1, 0.15) is 148 Å². The van der Waals surface area contributed by atoms with Crippen molar-refractivity contribution in [1.29, 1.82) is 0 Å². The summed E-state index contributed by atoms with van der Waals surface area (Å²) in [5, 5.41) is 17.9. The highest BCUT2D eigenvalue weighted by Gasteiger charge is 2.31. The summed E-state index contributed by atoms with van der Waals surface area (Å²) in [6.07, 6.45) is 7.30. The summed E-state index contributed by atoms with van der Waals surface area (Å²) >= 11 is 0. The standard InChI is InChI=1S/C32H48N6O5.C28H42N6O4.C4H8O2/c1-9-36(10-2)30-33-21-26(38(11-3)28(39)22(4)5)27(35-30)34-25(29(40)43-32(6,7)8)20-23-14-16-24(17-15-23)42-31(41)37-18-12-13-19-37;1-7-29-23-19-30-26(33(8-2)9-3)32-24(23)31-22(25(35)38-28(4,5)6)18-20-12-14-21(15-13-20)37-27(36)34-16-10-11-17-34;1-3(2)4(5)6/h14-17,21-22,25H,9-13,18-20H2,1-8H3,(H,33,34,35);12-15,19,22,29H,7-11,16-18H2,1-6H3,(H,30,31,32);3H,1-2H3,(H,5,6)/t25-;22-;/m01./s1. The first-order valence-electron chi connectivity index (χ1n) is 30.8. The Kier molecular flexibility index (Phi) is 28.3. The van der Waals surface area contributed by atoms with Crippen molar-refractivity contribution in [3.05, 3.63) is 72.1 Å². The van der Waals surface area contributed by atoms with Gasteiger partial charge in [-0.25, -0.2) is 29.1 Å². The van der Waals surface area contributed by atoms with Gasteiger partial charge in [-0.3, -0.25) is 9.59 Å². The van der Waals surface area contributed by atoms with E-state index in [4.69, 9.17) is 34.0 Å². The Balaban J connectivity index is 0.000000342. The molecule has 2 aromatic carbocycles. The average Bonchev–Trinajstić information content (AvgIpc) is 1.84. The Morgan fingerprint density at radius 1 is 0.563 bits per heavy atom. The lowest BCUT2D eigenvalue weighted by Gasteiger charge is -2.29. The molecule has 3 amide bonds. The van der Waals surface area contributed by atoms with Crippen LogP contribution in [-0.4, -0.2) is 160 Å². The molecule has 23 nitrogen and oxygen atoms in total. The SMILES string of the molecule is CC(C)C(=O)O.CCN(CC)c1ncc(N(CC)C(=O)C(C)C)c(N[C@@H](Cc2ccc(OC(=O)N3CCCC3)cc2)C(=O)OC(C)(C)C)n1.CCNc1cnc(N(CC)CC)nc1N[C@H](Cc1ccc(OC(=O)N2CCCC2)cc1)C(=O)OC(C)(C)C. The zero-order valence-corrected chi connectivity index (χ0v) is 54.5. The molecule has 2 atom stereocenters. The number of esters is 2. The van der Waals surface area contributed by atoms with Crippen LogP contribution >= 0.6 is 0 Å². The Morgan fingerprint density at radius 2 is 0.943 bits per heavy atom. The number of hydrogen-bond acceptors (Lipinski definition) is 19. The number of carbonyl (C=O) groups excluding carboxylic acids is 5. The lowest BCUT2D eigenvalue weighted by Crippen LogP contribution is -2.40. The largest absolute Gasteiger partial charge is 0.481 e. The fraction of sp³-hybridized carbons (Fsp3) is 0.594. The van der Waals surface area contributed by atoms with Gasteiger partial charge in [0, 0.05) is 84.2 Å². The highest BCUT2D eigenvalue weighted by molar-refractivity contribution is 5.97. The number of amides is 3. The van der Waals surface area contributed by atoms with E-state index in [0.717, 1.165) is 63.0 Å². The first-order chi connectivity index (χ1) is 41.1. The predicted molar refractivity (Wildman–Crippen MR) is 341 cm³/mol. The summed E-state index contributed by atoms with van der Waals surface area (Å²) in [4.78, 5) is 102. The topological polar surface area (TPSA) is 263 Å². The number of nitrogens with one attached hydrogen (secondary N) is 3. The minimum atomic E-state index is -0.830. The number of ether oxygens (including phenoxy) is 4. The molecule has 0 spiro atoms. The molecule has 0 aliphatic carbocycles. The molecule has 2 aliphatic heterocycles. The molecule has 0 bridgehead atoms. The number of carboxylic acid groups (broad SMARTS) is 1. The minimum Gasteiger partial charge on any atom is -0.481 e. The van der Waals surface area contributed by atoms with Crippen molar-refractivity contribution in [2.24, 2.45) is 11.8 Å². The lowest BCUT2D eigenvalue weighted by atomic mass is 10.0. The molecule has 4 aromatic rings. The number of anilines is 6. The van der Waals surface area contributed by atoms with Gasteiger partial charge in [-0.05, 0) is 144 Å². The molecule has 0 radical (unpaired) electrons. The van der Waals surface area contributed by atoms with Gasteiger partial charge in [-0.1, -0.05) is 52.0 Å². The Morgan fingerprint density at radius 3 is 1.29 bits per heavy atom. The van der Waals surface area contributed by atoms with Crippen molar-refractivity contribution < 1.29 is 52.8 Å². The van der Waals surface area contributed by atoms with Crippen molar-refractivity contribution >= 4 is 70.9 Å². The van der Waals surface area contributed by atoms with E-state index in [1.165, 1.54) is 0 Å². The number of likely N-dealkylation sites (tertiary alicyclic amines) is 2. The second kappa shape index (κ2) is 34.4. The maximum absolute atomic E-state index is 13.6. The number of rotatable bonds is 24. The van der Waals surface area contributed by atoms with E-state index in [2.05, 4.69) is 25.9 Å². The molecule has 0 saturated carbocycles. The first kappa shape index (κ1) is 71.5. The molecule has 6 rings (SSSR count). The van der Waals surface area contributed by atoms with Crippen molar-refractivity contribution in [3.8, 4) is 11.5 Å². The molecule has 87 heavy (non-hydrogen) atoms. The van der Waals surface area contributed by atoms with Crippen LogP contribution in [0.15, 0.2) is 60.9 Å². The quantitative estimate of drug-likeness (QED) is 0.0475. The van der Waals surface area contributed by atoms with E-state index in [1.807, 2.05) is 131 Å². The van der Waals surface area contributed by atoms with Gasteiger partial charge < -0.3 is 64.5 Å². The lowest BCUT2D eigenvalue weighted by molar-refractivity contribution is -0.156. The summed E-state index contributed by atoms with van der Waals surface area (Å²) in [7, 11) is 0. The second-order valence-electron chi connectivity index (χ2n) is 23.7. The Labute approximate surface area is 515 Å². The summed E-state index contributed by atoms with van der Waals surface area (Å²) in [6.45, 7) is 36.9. The van der Waals surface area contributed by atoms with Crippen molar-refractivity contribution in [3.63, 3.8) is 0 Å². The van der Waals surface area contributed by atoms with Gasteiger partial charge in [0.05, 0.1) is 24.0 Å². The van der Waals surface area contributed by atoms with Gasteiger partial charge in [-0.2, -0.15) is 9.97 Å². The predicted octanol–water partition coefficient (Wildman–Crippen LogP) is 10.7. The van der Waals surface area contributed by atoms with E-state index >= 15 is 0 Å². The minimum absolute atomic E-state index is 0.0716. The van der Waals surface area contributed by atoms with Crippen LogP contribution in [-0.2, 0) is 41.5 Å². The average molecular weight is 1210 g/mol. The highest BCUT2D eigenvalue weighted by Crippen LogP contribution is 2.30. The van der Waals surface area contributed by atoms with Crippen molar-refractivity contribution in [2.45, 2.75) is 173 Å². The zero-order valence-electron chi connectivity index (χ0n) is 54.5. The summed E-state index contributed by atoms with van der Waals surface area (Å²) in [5.74, 6) is 0.791. The van der Waals surface area contributed by atoms with Crippen molar-refractivity contribution in [1.82, 2.24) is 29.7 Å². The highest BCUT2D eigenvalue weighted by atomic mass is 16.6. The number of carboxylic acids is 1. The van der Waals surface area contributed by atoms with Gasteiger partial charge >= 0.3 is 30.1 Å².